The molecule has 1 atom stereocenters. The second kappa shape index (κ2) is 4.75. The topological polar surface area (TPSA) is 24.9 Å². The molecule has 1 aromatic heterocycles. The van der Waals surface area contributed by atoms with Crippen LogP contribution in [0.2, 0.25) is 0 Å². The van der Waals surface area contributed by atoms with E-state index in [1.54, 1.807) is 0 Å². The van der Waals surface area contributed by atoms with Gasteiger partial charge < -0.3 is 5.32 Å². The Morgan fingerprint density at radius 3 is 2.94 bits per heavy atom. The van der Waals surface area contributed by atoms with Gasteiger partial charge in [-0.05, 0) is 37.3 Å². The molecule has 0 bridgehead atoms. The Morgan fingerprint density at radius 2 is 2.24 bits per heavy atom. The molecule has 1 aliphatic carbocycles. The van der Waals surface area contributed by atoms with Crippen molar-refractivity contribution in [1.29, 1.82) is 0 Å². The molecule has 1 N–H and O–H groups in total. The van der Waals surface area contributed by atoms with E-state index < -0.39 is 0 Å². The zero-order chi connectivity index (χ0) is 11.7. The molecule has 1 saturated carbocycles. The third-order valence-electron chi connectivity index (χ3n) is 3.48. The van der Waals surface area contributed by atoms with Gasteiger partial charge in [-0.15, -0.1) is 11.3 Å². The fourth-order valence-corrected chi connectivity index (χ4v) is 3.28. The maximum absolute atomic E-state index is 4.65. The fourth-order valence-electron chi connectivity index (χ4n) is 2.36. The minimum absolute atomic E-state index is 0.696. The zero-order valence-electron chi connectivity index (χ0n) is 10.1. The summed E-state index contributed by atoms with van der Waals surface area (Å²) in [6, 6.07) is 9.07. The molecule has 1 fully saturated rings. The van der Waals surface area contributed by atoms with E-state index in [0.29, 0.717) is 6.04 Å². The Balaban J connectivity index is 1.67. The highest BCUT2D eigenvalue weighted by Crippen LogP contribution is 2.34. The highest BCUT2D eigenvalue weighted by atomic mass is 32.1. The number of hydrogen-bond donors (Lipinski definition) is 1. The lowest BCUT2D eigenvalue weighted by Crippen LogP contribution is -2.29. The Kier molecular flexibility index (Phi) is 3.12. The van der Waals surface area contributed by atoms with Crippen molar-refractivity contribution < 1.29 is 0 Å². The predicted molar refractivity (Wildman–Crippen MR) is 73.3 cm³/mol. The van der Waals surface area contributed by atoms with E-state index in [9.17, 15) is 0 Å². The van der Waals surface area contributed by atoms with Crippen LogP contribution >= 0.6 is 11.3 Å². The second-order valence-electron chi connectivity index (χ2n) is 4.81. The van der Waals surface area contributed by atoms with Crippen molar-refractivity contribution >= 4 is 21.6 Å². The Hall–Kier alpha value is -0.930. The molecule has 0 spiro atoms. The van der Waals surface area contributed by atoms with Gasteiger partial charge in [0.25, 0.3) is 0 Å². The number of nitrogens with zero attached hydrogens (tertiary/aromatic N) is 1. The van der Waals surface area contributed by atoms with Crippen LogP contribution in [0.1, 0.15) is 31.2 Å². The van der Waals surface area contributed by atoms with Crippen molar-refractivity contribution in [3.63, 3.8) is 0 Å². The summed E-state index contributed by atoms with van der Waals surface area (Å²) >= 11 is 1.81. The minimum Gasteiger partial charge on any atom is -0.307 e. The van der Waals surface area contributed by atoms with Gasteiger partial charge in [0.05, 0.1) is 10.2 Å². The van der Waals surface area contributed by atoms with Gasteiger partial charge in [0.15, 0.2) is 0 Å². The van der Waals surface area contributed by atoms with E-state index in [4.69, 9.17) is 0 Å². The number of para-hydroxylation sites is 1. The van der Waals surface area contributed by atoms with Gasteiger partial charge in [-0.25, -0.2) is 4.98 Å². The van der Waals surface area contributed by atoms with Crippen LogP contribution in [0.4, 0.5) is 0 Å². The average molecular weight is 246 g/mol. The van der Waals surface area contributed by atoms with Crippen molar-refractivity contribution in [2.24, 2.45) is 5.92 Å². The lowest BCUT2D eigenvalue weighted by atomic mass is 10.1. The lowest BCUT2D eigenvalue weighted by Gasteiger charge is -2.14. The summed E-state index contributed by atoms with van der Waals surface area (Å²) in [6.07, 6.45) is 4.05. The quantitative estimate of drug-likeness (QED) is 0.872. The molecule has 0 radical (unpaired) electrons. The number of hydrogen-bond acceptors (Lipinski definition) is 3. The number of nitrogens with one attached hydrogen (secondary N) is 1. The predicted octanol–water partition coefficient (Wildman–Crippen LogP) is 3.57. The third kappa shape index (κ3) is 2.50. The van der Waals surface area contributed by atoms with Crippen LogP contribution in [-0.4, -0.2) is 11.0 Å². The van der Waals surface area contributed by atoms with Crippen molar-refractivity contribution in [2.75, 3.05) is 0 Å². The first-order valence-corrected chi connectivity index (χ1v) is 7.26. The molecule has 0 amide bonds. The first-order valence-electron chi connectivity index (χ1n) is 6.44. The zero-order valence-corrected chi connectivity index (χ0v) is 11.0. The van der Waals surface area contributed by atoms with Gasteiger partial charge >= 0.3 is 0 Å². The van der Waals surface area contributed by atoms with Gasteiger partial charge in [-0.3, -0.25) is 0 Å². The van der Waals surface area contributed by atoms with Crippen LogP contribution in [0, 0.1) is 5.92 Å². The monoisotopic (exact) mass is 246 g/mol. The average Bonchev–Trinajstić information content (AvgIpc) is 3.09. The summed E-state index contributed by atoms with van der Waals surface area (Å²) in [5.74, 6) is 0.925. The highest BCUT2D eigenvalue weighted by Gasteiger charge is 2.29. The Bertz CT molecular complexity index is 469. The molecule has 1 heterocycles. The molecule has 1 aliphatic rings. The van der Waals surface area contributed by atoms with Crippen LogP contribution in [0.3, 0.4) is 0 Å². The fraction of sp³-hybridized carbons (Fsp3) is 0.500. The summed E-state index contributed by atoms with van der Waals surface area (Å²) in [5, 5.41) is 4.87. The number of fused-ring (bicyclic) bond motifs is 1. The van der Waals surface area contributed by atoms with Crippen LogP contribution in [0.15, 0.2) is 24.3 Å². The summed E-state index contributed by atoms with van der Waals surface area (Å²) in [7, 11) is 0. The highest BCUT2D eigenvalue weighted by molar-refractivity contribution is 7.18. The molecule has 0 saturated heterocycles. The van der Waals surface area contributed by atoms with Gasteiger partial charge in [-0.1, -0.05) is 19.1 Å². The molecule has 0 aliphatic heterocycles. The van der Waals surface area contributed by atoms with Crippen molar-refractivity contribution in [2.45, 2.75) is 38.8 Å². The van der Waals surface area contributed by atoms with Crippen molar-refractivity contribution in [3.05, 3.63) is 29.3 Å². The van der Waals surface area contributed by atoms with E-state index in [2.05, 4.69) is 41.5 Å². The van der Waals surface area contributed by atoms with Crippen LogP contribution in [0.5, 0.6) is 0 Å². The maximum Gasteiger partial charge on any atom is 0.108 e. The summed E-state index contributed by atoms with van der Waals surface area (Å²) in [4.78, 5) is 4.65. The van der Waals surface area contributed by atoms with Crippen molar-refractivity contribution in [1.82, 2.24) is 10.3 Å². The maximum atomic E-state index is 4.65. The summed E-state index contributed by atoms with van der Waals surface area (Å²) in [6.45, 7) is 3.20. The number of benzene rings is 1. The second-order valence-corrected chi connectivity index (χ2v) is 5.92. The van der Waals surface area contributed by atoms with Crippen molar-refractivity contribution in [3.8, 4) is 0 Å². The molecule has 2 aromatic rings. The Labute approximate surface area is 106 Å². The first-order chi connectivity index (χ1) is 8.36. The van der Waals surface area contributed by atoms with E-state index in [0.717, 1.165) is 18.0 Å². The molecular weight excluding hydrogens is 228 g/mol. The number of rotatable bonds is 5. The largest absolute Gasteiger partial charge is 0.307 e. The number of aromatic nitrogens is 1. The normalized spacial score (nSPS) is 17.5. The van der Waals surface area contributed by atoms with E-state index in [1.165, 1.54) is 29.0 Å². The van der Waals surface area contributed by atoms with Gasteiger partial charge in [0.2, 0.25) is 0 Å². The van der Waals surface area contributed by atoms with E-state index in [1.807, 2.05) is 11.3 Å². The number of thiazole rings is 1. The van der Waals surface area contributed by atoms with Crippen LogP contribution < -0.4 is 5.32 Å². The Morgan fingerprint density at radius 1 is 1.41 bits per heavy atom. The molecular formula is C14H18N2S. The van der Waals surface area contributed by atoms with E-state index in [-0.39, 0.29) is 0 Å². The van der Waals surface area contributed by atoms with E-state index >= 15 is 0 Å². The molecule has 2 nitrogen and oxygen atoms in total. The third-order valence-corrected chi connectivity index (χ3v) is 4.52. The standard InChI is InChI=1S/C14H18N2S/c1-2-11(10-7-8-10)15-9-14-16-12-5-3-4-6-13(12)17-14/h3-6,10-11,15H,2,7-9H2,1H3. The minimum atomic E-state index is 0.696. The molecule has 17 heavy (non-hydrogen) atoms. The molecule has 3 heteroatoms. The smallest absolute Gasteiger partial charge is 0.108 e. The van der Waals surface area contributed by atoms with Gasteiger partial charge in [0, 0.05) is 12.6 Å². The lowest BCUT2D eigenvalue weighted by molar-refractivity contribution is 0.449. The van der Waals surface area contributed by atoms with Gasteiger partial charge in [-0.2, -0.15) is 0 Å². The summed E-state index contributed by atoms with van der Waals surface area (Å²) in [5.41, 5.74) is 1.13. The molecule has 1 unspecified atom stereocenters. The van der Waals surface area contributed by atoms with Crippen LogP contribution in [-0.2, 0) is 6.54 Å². The first kappa shape index (κ1) is 11.2. The van der Waals surface area contributed by atoms with Crippen LogP contribution in [0.25, 0.3) is 10.2 Å². The summed E-state index contributed by atoms with van der Waals surface area (Å²) < 4.78 is 1.30. The van der Waals surface area contributed by atoms with Gasteiger partial charge in [0.1, 0.15) is 5.01 Å². The molecule has 90 valence electrons. The SMILES string of the molecule is CCC(NCc1nc2ccccc2s1)C1CC1. The molecule has 1 aromatic carbocycles. The molecule has 3 rings (SSSR count).